The molecule has 4 aromatic rings. The van der Waals surface area contributed by atoms with Crippen molar-refractivity contribution in [2.24, 2.45) is 5.41 Å². The minimum absolute atomic E-state index is 0.00352. The summed E-state index contributed by atoms with van der Waals surface area (Å²) < 4.78 is 21.8. The molecule has 1 N–H and O–H groups in total. The number of carbonyl (C=O) groups excluding carboxylic acids is 1. The molecule has 3 aromatic carbocycles. The number of hydrogen-bond donors (Lipinski definition) is 1. The molecule has 0 aliphatic heterocycles. The first kappa shape index (κ1) is 24.8. The number of aromatic nitrogens is 3. The van der Waals surface area contributed by atoms with E-state index in [4.69, 9.17) is 4.74 Å². The van der Waals surface area contributed by atoms with Gasteiger partial charge >= 0.3 is 5.97 Å². The van der Waals surface area contributed by atoms with E-state index in [1.54, 1.807) is 26.8 Å². The zero-order chi connectivity index (χ0) is 26.0. The third-order valence-electron chi connectivity index (χ3n) is 6.62. The second-order valence-corrected chi connectivity index (χ2v) is 10.6. The summed E-state index contributed by atoms with van der Waals surface area (Å²) in [6.07, 6.45) is 3.49. The highest BCUT2D eigenvalue weighted by atomic mass is 19.1. The van der Waals surface area contributed by atoms with Gasteiger partial charge in [0.2, 0.25) is 0 Å². The van der Waals surface area contributed by atoms with Gasteiger partial charge in [0.05, 0.1) is 5.41 Å². The molecule has 0 atom stereocenters. The van der Waals surface area contributed by atoms with Crippen LogP contribution in [0.4, 0.5) is 4.39 Å². The Morgan fingerprint density at radius 1 is 1.00 bits per heavy atom. The van der Waals surface area contributed by atoms with Gasteiger partial charge in [-0.1, -0.05) is 54.6 Å². The standard InChI is InChI=1S/C30H31FN4O2/c1-30(2,3)29(36)37-19-35-18-33-28(34-35)24-10-6-9-20(13-24)23-11-12-25(27(31)16-23)17-32-26-14-21-7-4-5-8-22(21)15-26/h4-13,16,18,26,32H,14-15,17,19H2,1-3H3. The quantitative estimate of drug-likeness (QED) is 0.338. The highest BCUT2D eigenvalue weighted by Crippen LogP contribution is 2.27. The number of carbonyl (C=O) groups is 1. The number of benzene rings is 3. The van der Waals surface area contributed by atoms with E-state index in [2.05, 4.69) is 39.7 Å². The third-order valence-corrected chi connectivity index (χ3v) is 6.62. The van der Waals surface area contributed by atoms with Crippen molar-refractivity contribution in [3.05, 3.63) is 95.6 Å². The Bertz CT molecular complexity index is 1400. The van der Waals surface area contributed by atoms with Crippen LogP contribution in [-0.4, -0.2) is 26.8 Å². The van der Waals surface area contributed by atoms with Gasteiger partial charge in [0.1, 0.15) is 12.1 Å². The van der Waals surface area contributed by atoms with Gasteiger partial charge in [-0.2, -0.15) is 0 Å². The summed E-state index contributed by atoms with van der Waals surface area (Å²) >= 11 is 0. The average Bonchev–Trinajstić information content (AvgIpc) is 3.53. The van der Waals surface area contributed by atoms with E-state index in [0.29, 0.717) is 24.0 Å². The van der Waals surface area contributed by atoms with E-state index in [9.17, 15) is 4.79 Å². The van der Waals surface area contributed by atoms with Crippen molar-refractivity contribution in [1.82, 2.24) is 20.1 Å². The molecule has 190 valence electrons. The highest BCUT2D eigenvalue weighted by Gasteiger charge is 2.23. The lowest BCUT2D eigenvalue weighted by atomic mass is 9.98. The molecule has 5 rings (SSSR count). The summed E-state index contributed by atoms with van der Waals surface area (Å²) in [6, 6.07) is 21.9. The van der Waals surface area contributed by atoms with E-state index < -0.39 is 5.41 Å². The van der Waals surface area contributed by atoms with Gasteiger partial charge in [-0.25, -0.2) is 14.1 Å². The molecule has 1 aliphatic rings. The fraction of sp³-hybridized carbons (Fsp3) is 0.300. The topological polar surface area (TPSA) is 69.0 Å². The minimum Gasteiger partial charge on any atom is -0.442 e. The number of fused-ring (bicyclic) bond motifs is 1. The molecule has 7 heteroatoms. The molecule has 0 unspecified atom stereocenters. The first-order chi connectivity index (χ1) is 17.8. The van der Waals surface area contributed by atoms with Crippen LogP contribution in [0, 0.1) is 11.2 Å². The van der Waals surface area contributed by atoms with Crippen LogP contribution in [0.15, 0.2) is 73.1 Å². The number of esters is 1. The lowest BCUT2D eigenvalue weighted by Gasteiger charge is -2.16. The highest BCUT2D eigenvalue weighted by molar-refractivity contribution is 5.75. The Morgan fingerprint density at radius 2 is 1.70 bits per heavy atom. The number of rotatable bonds is 7. The molecule has 1 aliphatic carbocycles. The molecular weight excluding hydrogens is 467 g/mol. The number of ether oxygens (including phenoxy) is 1. The predicted octanol–water partition coefficient (Wildman–Crippen LogP) is 5.56. The van der Waals surface area contributed by atoms with Crippen molar-refractivity contribution in [2.45, 2.75) is 52.9 Å². The zero-order valence-corrected chi connectivity index (χ0v) is 21.4. The average molecular weight is 499 g/mol. The summed E-state index contributed by atoms with van der Waals surface area (Å²) in [6.45, 7) is 5.89. The van der Waals surface area contributed by atoms with Crippen LogP contribution in [0.25, 0.3) is 22.5 Å². The molecule has 0 bridgehead atoms. The van der Waals surface area contributed by atoms with Gasteiger partial charge in [0.15, 0.2) is 12.6 Å². The first-order valence-electron chi connectivity index (χ1n) is 12.5. The number of halogens is 1. The maximum Gasteiger partial charge on any atom is 0.313 e. The normalized spacial score (nSPS) is 13.5. The largest absolute Gasteiger partial charge is 0.442 e. The monoisotopic (exact) mass is 498 g/mol. The zero-order valence-electron chi connectivity index (χ0n) is 21.4. The Balaban J connectivity index is 1.23. The maximum atomic E-state index is 15.0. The molecule has 6 nitrogen and oxygen atoms in total. The predicted molar refractivity (Wildman–Crippen MR) is 141 cm³/mol. The number of nitrogens with one attached hydrogen (secondary N) is 1. The van der Waals surface area contributed by atoms with E-state index in [1.807, 2.05) is 36.4 Å². The summed E-state index contributed by atoms with van der Waals surface area (Å²) in [7, 11) is 0. The SMILES string of the molecule is CC(C)(C)C(=O)OCn1cnc(-c2cccc(-c3ccc(CNC4Cc5ccccc5C4)c(F)c3)c2)n1. The fourth-order valence-corrected chi connectivity index (χ4v) is 4.50. The van der Waals surface area contributed by atoms with Crippen molar-refractivity contribution in [1.29, 1.82) is 0 Å². The smallest absolute Gasteiger partial charge is 0.313 e. The van der Waals surface area contributed by atoms with Gasteiger partial charge in [-0.3, -0.25) is 4.79 Å². The van der Waals surface area contributed by atoms with Crippen molar-refractivity contribution in [3.8, 4) is 22.5 Å². The maximum absolute atomic E-state index is 15.0. The van der Waals surface area contributed by atoms with E-state index in [1.165, 1.54) is 22.1 Å². The summed E-state index contributed by atoms with van der Waals surface area (Å²) in [4.78, 5) is 16.4. The van der Waals surface area contributed by atoms with E-state index in [-0.39, 0.29) is 18.5 Å². The van der Waals surface area contributed by atoms with Gasteiger partial charge in [-0.05, 0) is 68.0 Å². The van der Waals surface area contributed by atoms with Crippen LogP contribution in [0.1, 0.15) is 37.5 Å². The van der Waals surface area contributed by atoms with Crippen LogP contribution >= 0.6 is 0 Å². The molecule has 0 amide bonds. The van der Waals surface area contributed by atoms with Crippen molar-refractivity contribution in [2.75, 3.05) is 0 Å². The molecule has 0 radical (unpaired) electrons. The van der Waals surface area contributed by atoms with Crippen LogP contribution in [0.2, 0.25) is 0 Å². The molecule has 1 heterocycles. The van der Waals surface area contributed by atoms with Gasteiger partial charge in [-0.15, -0.1) is 5.10 Å². The molecular formula is C30H31FN4O2. The first-order valence-corrected chi connectivity index (χ1v) is 12.5. The van der Waals surface area contributed by atoms with E-state index in [0.717, 1.165) is 29.5 Å². The van der Waals surface area contributed by atoms with Gasteiger partial charge in [0, 0.05) is 23.7 Å². The Labute approximate surface area is 216 Å². The third kappa shape index (κ3) is 5.78. The molecule has 1 aromatic heterocycles. The Hall–Kier alpha value is -3.84. The van der Waals surface area contributed by atoms with Gasteiger partial charge in [0.25, 0.3) is 0 Å². The van der Waals surface area contributed by atoms with Crippen molar-refractivity contribution in [3.63, 3.8) is 0 Å². The Kier molecular flexibility index (Phi) is 6.89. The molecule has 0 spiro atoms. The van der Waals surface area contributed by atoms with Crippen LogP contribution in [0.3, 0.4) is 0 Å². The summed E-state index contributed by atoms with van der Waals surface area (Å²) in [5.41, 5.74) is 5.28. The summed E-state index contributed by atoms with van der Waals surface area (Å²) in [5, 5.41) is 7.94. The Morgan fingerprint density at radius 3 is 2.41 bits per heavy atom. The molecule has 0 saturated carbocycles. The second-order valence-electron chi connectivity index (χ2n) is 10.6. The number of hydrogen-bond acceptors (Lipinski definition) is 5. The molecule has 0 fully saturated rings. The van der Waals surface area contributed by atoms with Crippen LogP contribution < -0.4 is 5.32 Å². The van der Waals surface area contributed by atoms with Crippen molar-refractivity contribution < 1.29 is 13.9 Å². The lowest BCUT2D eigenvalue weighted by molar-refractivity contribution is -0.157. The lowest BCUT2D eigenvalue weighted by Crippen LogP contribution is -2.29. The minimum atomic E-state index is -0.582. The molecule has 37 heavy (non-hydrogen) atoms. The second kappa shape index (κ2) is 10.3. The van der Waals surface area contributed by atoms with Crippen molar-refractivity contribution >= 4 is 5.97 Å². The fourth-order valence-electron chi connectivity index (χ4n) is 4.50. The molecule has 0 saturated heterocycles. The number of nitrogens with zero attached hydrogens (tertiary/aromatic N) is 3. The van der Waals surface area contributed by atoms with E-state index >= 15 is 4.39 Å². The van der Waals surface area contributed by atoms with Crippen LogP contribution in [0.5, 0.6) is 0 Å². The summed E-state index contributed by atoms with van der Waals surface area (Å²) in [5.74, 6) is -0.0259. The van der Waals surface area contributed by atoms with Crippen LogP contribution in [-0.2, 0) is 35.6 Å². The van der Waals surface area contributed by atoms with Gasteiger partial charge < -0.3 is 10.1 Å².